The second-order valence-electron chi connectivity index (χ2n) is 4.75. The van der Waals surface area contributed by atoms with E-state index in [0.717, 1.165) is 43.9 Å². The standard InChI is InChI=1S/C13H21N3O2/c1-10(2)18-7-6-16-5-4-12-11(8-16)13(17-3)15-9-14-12/h9-10H,4-8H2,1-3H3. The van der Waals surface area contributed by atoms with Crippen LogP contribution in [0, 0.1) is 0 Å². The summed E-state index contributed by atoms with van der Waals surface area (Å²) < 4.78 is 10.9. The molecule has 18 heavy (non-hydrogen) atoms. The zero-order valence-electron chi connectivity index (χ0n) is 11.3. The molecule has 0 unspecified atom stereocenters. The Kier molecular flexibility index (Phi) is 4.49. The van der Waals surface area contributed by atoms with E-state index in [-0.39, 0.29) is 0 Å². The minimum absolute atomic E-state index is 0.292. The zero-order chi connectivity index (χ0) is 13.0. The highest BCUT2D eigenvalue weighted by atomic mass is 16.5. The van der Waals surface area contributed by atoms with Gasteiger partial charge in [0.1, 0.15) is 6.33 Å². The predicted molar refractivity (Wildman–Crippen MR) is 68.7 cm³/mol. The van der Waals surface area contributed by atoms with Crippen molar-refractivity contribution in [3.8, 4) is 5.88 Å². The Balaban J connectivity index is 1.96. The molecule has 0 aliphatic carbocycles. The molecule has 0 saturated heterocycles. The van der Waals surface area contributed by atoms with Crippen LogP contribution in [0.25, 0.3) is 0 Å². The maximum Gasteiger partial charge on any atom is 0.220 e. The van der Waals surface area contributed by atoms with E-state index in [1.54, 1.807) is 13.4 Å². The van der Waals surface area contributed by atoms with Crippen molar-refractivity contribution in [2.45, 2.75) is 32.9 Å². The number of nitrogens with zero attached hydrogens (tertiary/aromatic N) is 3. The van der Waals surface area contributed by atoms with Gasteiger partial charge in [-0.2, -0.15) is 0 Å². The predicted octanol–water partition coefficient (Wildman–Crippen LogP) is 1.27. The first-order valence-electron chi connectivity index (χ1n) is 6.41. The molecule has 100 valence electrons. The van der Waals surface area contributed by atoms with Crippen LogP contribution in [0.15, 0.2) is 6.33 Å². The molecule has 0 radical (unpaired) electrons. The Morgan fingerprint density at radius 1 is 1.39 bits per heavy atom. The van der Waals surface area contributed by atoms with Gasteiger partial charge in [0.2, 0.25) is 5.88 Å². The highest BCUT2D eigenvalue weighted by Crippen LogP contribution is 2.23. The van der Waals surface area contributed by atoms with Gasteiger partial charge in [0.25, 0.3) is 0 Å². The number of hydrogen-bond donors (Lipinski definition) is 0. The molecule has 1 aliphatic heterocycles. The van der Waals surface area contributed by atoms with Crippen LogP contribution in [-0.2, 0) is 17.7 Å². The summed E-state index contributed by atoms with van der Waals surface area (Å²) in [6.07, 6.45) is 2.82. The lowest BCUT2D eigenvalue weighted by Gasteiger charge is -2.28. The van der Waals surface area contributed by atoms with Gasteiger partial charge in [0.15, 0.2) is 0 Å². The van der Waals surface area contributed by atoms with Crippen molar-refractivity contribution < 1.29 is 9.47 Å². The zero-order valence-corrected chi connectivity index (χ0v) is 11.3. The molecule has 1 aromatic rings. The second-order valence-corrected chi connectivity index (χ2v) is 4.75. The minimum atomic E-state index is 0.292. The summed E-state index contributed by atoms with van der Waals surface area (Å²) in [5.41, 5.74) is 2.23. The van der Waals surface area contributed by atoms with Crippen molar-refractivity contribution in [2.75, 3.05) is 26.8 Å². The lowest BCUT2D eigenvalue weighted by atomic mass is 10.1. The molecule has 0 spiro atoms. The van der Waals surface area contributed by atoms with Gasteiger partial charge in [-0.25, -0.2) is 9.97 Å². The third-order valence-corrected chi connectivity index (χ3v) is 3.09. The lowest BCUT2D eigenvalue weighted by Crippen LogP contribution is -2.34. The van der Waals surface area contributed by atoms with Crippen molar-refractivity contribution in [1.29, 1.82) is 0 Å². The normalized spacial score (nSPS) is 15.8. The van der Waals surface area contributed by atoms with Crippen LogP contribution in [0.5, 0.6) is 5.88 Å². The maximum atomic E-state index is 5.58. The fourth-order valence-electron chi connectivity index (χ4n) is 2.16. The number of methoxy groups -OCH3 is 1. The Morgan fingerprint density at radius 2 is 2.22 bits per heavy atom. The summed E-state index contributed by atoms with van der Waals surface area (Å²) in [6, 6.07) is 0. The van der Waals surface area contributed by atoms with E-state index in [9.17, 15) is 0 Å². The third kappa shape index (κ3) is 3.17. The molecule has 1 aromatic heterocycles. The molecule has 1 aliphatic rings. The van der Waals surface area contributed by atoms with Crippen molar-refractivity contribution >= 4 is 0 Å². The SMILES string of the molecule is COc1ncnc2c1CN(CCOC(C)C)CC2. The van der Waals surface area contributed by atoms with E-state index in [1.807, 2.05) is 0 Å². The molecule has 0 bridgehead atoms. The molecule has 5 heteroatoms. The molecule has 0 fully saturated rings. The van der Waals surface area contributed by atoms with Gasteiger partial charge in [0, 0.05) is 31.6 Å². The van der Waals surface area contributed by atoms with Crippen LogP contribution in [0.4, 0.5) is 0 Å². The summed E-state index contributed by atoms with van der Waals surface area (Å²) in [7, 11) is 1.66. The lowest BCUT2D eigenvalue weighted by molar-refractivity contribution is 0.0558. The first-order valence-corrected chi connectivity index (χ1v) is 6.41. The van der Waals surface area contributed by atoms with Gasteiger partial charge in [-0.15, -0.1) is 0 Å². The Morgan fingerprint density at radius 3 is 2.94 bits per heavy atom. The van der Waals surface area contributed by atoms with Gasteiger partial charge in [-0.3, -0.25) is 4.90 Å². The van der Waals surface area contributed by atoms with E-state index in [1.165, 1.54) is 0 Å². The Labute approximate surface area is 108 Å². The third-order valence-electron chi connectivity index (χ3n) is 3.09. The highest BCUT2D eigenvalue weighted by Gasteiger charge is 2.21. The highest BCUT2D eigenvalue weighted by molar-refractivity contribution is 5.31. The maximum absolute atomic E-state index is 5.58. The average Bonchev–Trinajstić information content (AvgIpc) is 2.37. The monoisotopic (exact) mass is 251 g/mol. The molecule has 2 heterocycles. The molecule has 0 saturated carbocycles. The molecule has 0 atom stereocenters. The van der Waals surface area contributed by atoms with Crippen LogP contribution in [0.2, 0.25) is 0 Å². The van der Waals surface area contributed by atoms with E-state index >= 15 is 0 Å². The molecule has 5 nitrogen and oxygen atoms in total. The van der Waals surface area contributed by atoms with Crippen LogP contribution in [0.1, 0.15) is 25.1 Å². The topological polar surface area (TPSA) is 47.5 Å². The number of rotatable bonds is 5. The fraction of sp³-hybridized carbons (Fsp3) is 0.692. The summed E-state index contributed by atoms with van der Waals surface area (Å²) >= 11 is 0. The molecule has 0 N–H and O–H groups in total. The van der Waals surface area contributed by atoms with E-state index in [2.05, 4.69) is 28.7 Å². The van der Waals surface area contributed by atoms with Gasteiger partial charge in [0.05, 0.1) is 25.5 Å². The van der Waals surface area contributed by atoms with Crippen molar-refractivity contribution in [3.63, 3.8) is 0 Å². The molecule has 0 amide bonds. The number of hydrogen-bond acceptors (Lipinski definition) is 5. The van der Waals surface area contributed by atoms with Crippen LogP contribution < -0.4 is 4.74 Å². The first-order chi connectivity index (χ1) is 8.70. The van der Waals surface area contributed by atoms with Crippen molar-refractivity contribution in [3.05, 3.63) is 17.6 Å². The largest absolute Gasteiger partial charge is 0.481 e. The smallest absolute Gasteiger partial charge is 0.220 e. The van der Waals surface area contributed by atoms with E-state index < -0.39 is 0 Å². The Bertz CT molecular complexity index is 382. The van der Waals surface area contributed by atoms with Crippen molar-refractivity contribution in [2.24, 2.45) is 0 Å². The van der Waals surface area contributed by atoms with Gasteiger partial charge >= 0.3 is 0 Å². The van der Waals surface area contributed by atoms with E-state index in [4.69, 9.17) is 9.47 Å². The quantitative estimate of drug-likeness (QED) is 0.788. The van der Waals surface area contributed by atoms with Crippen molar-refractivity contribution in [1.82, 2.24) is 14.9 Å². The molecular weight excluding hydrogens is 230 g/mol. The summed E-state index contributed by atoms with van der Waals surface area (Å²) in [5.74, 6) is 0.703. The summed E-state index contributed by atoms with van der Waals surface area (Å²) in [6.45, 7) is 7.69. The first kappa shape index (κ1) is 13.2. The number of ether oxygens (including phenoxy) is 2. The van der Waals surface area contributed by atoms with Crippen LogP contribution in [0.3, 0.4) is 0 Å². The van der Waals surface area contributed by atoms with Gasteiger partial charge < -0.3 is 9.47 Å². The molecule has 0 aromatic carbocycles. The van der Waals surface area contributed by atoms with Gasteiger partial charge in [-0.1, -0.05) is 0 Å². The summed E-state index contributed by atoms with van der Waals surface area (Å²) in [4.78, 5) is 10.8. The second kappa shape index (κ2) is 6.11. The molecule has 2 rings (SSSR count). The van der Waals surface area contributed by atoms with E-state index in [0.29, 0.717) is 12.0 Å². The summed E-state index contributed by atoms with van der Waals surface area (Å²) in [5, 5.41) is 0. The molecular formula is C13H21N3O2. The Hall–Kier alpha value is -1.20. The van der Waals surface area contributed by atoms with Crippen LogP contribution in [-0.4, -0.2) is 47.8 Å². The fourth-order valence-corrected chi connectivity index (χ4v) is 2.16. The number of fused-ring (bicyclic) bond motifs is 1. The minimum Gasteiger partial charge on any atom is -0.481 e. The average molecular weight is 251 g/mol. The van der Waals surface area contributed by atoms with Crippen LogP contribution >= 0.6 is 0 Å². The van der Waals surface area contributed by atoms with Gasteiger partial charge in [-0.05, 0) is 13.8 Å². The number of aromatic nitrogens is 2.